The third-order valence-electron chi connectivity index (χ3n) is 2.76. The lowest BCUT2D eigenvalue weighted by Crippen LogP contribution is -2.38. The van der Waals surface area contributed by atoms with Crippen LogP contribution in [-0.4, -0.2) is 50.1 Å². The summed E-state index contributed by atoms with van der Waals surface area (Å²) in [5, 5.41) is 5.32. The van der Waals surface area contributed by atoms with Gasteiger partial charge in [-0.1, -0.05) is 6.92 Å². The molecule has 0 aliphatic carbocycles. The monoisotopic (exact) mass is 272 g/mol. The summed E-state index contributed by atoms with van der Waals surface area (Å²) in [5.74, 6) is -0.0656. The van der Waals surface area contributed by atoms with E-state index in [0.29, 0.717) is 19.4 Å². The quantitative estimate of drug-likeness (QED) is 0.366. The van der Waals surface area contributed by atoms with Crippen LogP contribution >= 0.6 is 0 Å². The molecule has 0 heterocycles. The summed E-state index contributed by atoms with van der Waals surface area (Å²) in [6.07, 6.45) is 3.83. The van der Waals surface area contributed by atoms with E-state index < -0.39 is 0 Å². The van der Waals surface area contributed by atoms with Crippen molar-refractivity contribution in [2.75, 3.05) is 33.4 Å². The van der Waals surface area contributed by atoms with Crippen LogP contribution < -0.4 is 16.4 Å². The van der Waals surface area contributed by atoms with E-state index in [0.717, 1.165) is 32.4 Å². The molecule has 2 amide bonds. The van der Waals surface area contributed by atoms with Gasteiger partial charge in [-0.3, -0.25) is 9.59 Å². The van der Waals surface area contributed by atoms with E-state index in [1.54, 1.807) is 0 Å². The van der Waals surface area contributed by atoms with E-state index >= 15 is 0 Å². The lowest BCUT2D eigenvalue weighted by Gasteiger charge is -2.16. The fraction of sp³-hybridized carbons (Fsp3) is 0.846. The molecule has 6 heteroatoms. The molecule has 0 rings (SSSR count). The predicted octanol–water partition coefficient (Wildman–Crippen LogP) is 0.0372. The van der Waals surface area contributed by atoms with Gasteiger partial charge in [-0.25, -0.2) is 0 Å². The van der Waals surface area contributed by atoms with Crippen LogP contribution in [0.5, 0.6) is 0 Å². The third-order valence-corrected chi connectivity index (χ3v) is 2.76. The molecule has 0 aliphatic rings. The van der Waals surface area contributed by atoms with Crippen LogP contribution in [0.25, 0.3) is 0 Å². The van der Waals surface area contributed by atoms with Crippen LogP contribution in [0.2, 0.25) is 0 Å². The van der Waals surface area contributed by atoms with Crippen molar-refractivity contribution in [1.82, 2.24) is 15.5 Å². The van der Waals surface area contributed by atoms with Gasteiger partial charge in [0.15, 0.2) is 0 Å². The van der Waals surface area contributed by atoms with Crippen molar-refractivity contribution >= 4 is 11.8 Å². The first kappa shape index (κ1) is 17.9. The molecule has 0 aliphatic heterocycles. The SMILES string of the molecule is CCCC(=O)NCNC(=O)CCN(C)CCCCN. The average molecular weight is 272 g/mol. The molecular formula is C13H28N4O2. The number of nitrogens with zero attached hydrogens (tertiary/aromatic N) is 1. The number of carbonyl (C=O) groups is 2. The number of nitrogens with two attached hydrogens (primary N) is 1. The number of rotatable bonds is 11. The number of amides is 2. The van der Waals surface area contributed by atoms with Crippen LogP contribution in [0.3, 0.4) is 0 Å². The Morgan fingerprint density at radius 3 is 2.26 bits per heavy atom. The normalized spacial score (nSPS) is 10.5. The average Bonchev–Trinajstić information content (AvgIpc) is 2.37. The van der Waals surface area contributed by atoms with Crippen molar-refractivity contribution in [3.05, 3.63) is 0 Å². The minimum atomic E-state index is -0.0394. The summed E-state index contributed by atoms with van der Waals surface area (Å²) < 4.78 is 0. The van der Waals surface area contributed by atoms with Gasteiger partial charge in [0.25, 0.3) is 0 Å². The highest BCUT2D eigenvalue weighted by Gasteiger charge is 2.04. The Kier molecular flexibility index (Phi) is 11.2. The van der Waals surface area contributed by atoms with Gasteiger partial charge in [0.2, 0.25) is 11.8 Å². The maximum atomic E-state index is 11.5. The molecule has 4 N–H and O–H groups in total. The molecule has 0 aromatic heterocycles. The van der Waals surface area contributed by atoms with Gasteiger partial charge in [-0.2, -0.15) is 0 Å². The zero-order valence-electron chi connectivity index (χ0n) is 12.2. The lowest BCUT2D eigenvalue weighted by atomic mass is 10.3. The molecule has 0 fully saturated rings. The predicted molar refractivity (Wildman–Crippen MR) is 76.5 cm³/mol. The van der Waals surface area contributed by atoms with E-state index in [2.05, 4.69) is 15.5 Å². The van der Waals surface area contributed by atoms with Crippen molar-refractivity contribution in [3.8, 4) is 0 Å². The van der Waals surface area contributed by atoms with Gasteiger partial charge in [-0.15, -0.1) is 0 Å². The second-order valence-corrected chi connectivity index (χ2v) is 4.68. The molecule has 19 heavy (non-hydrogen) atoms. The largest absolute Gasteiger partial charge is 0.339 e. The van der Waals surface area contributed by atoms with Crippen molar-refractivity contribution in [2.45, 2.75) is 39.0 Å². The van der Waals surface area contributed by atoms with Gasteiger partial charge >= 0.3 is 0 Å². The van der Waals surface area contributed by atoms with Gasteiger partial charge < -0.3 is 21.3 Å². The Labute approximate surface area is 116 Å². The summed E-state index contributed by atoms with van der Waals surface area (Å²) in [4.78, 5) is 24.8. The second kappa shape index (κ2) is 11.9. The van der Waals surface area contributed by atoms with E-state index in [9.17, 15) is 9.59 Å². The van der Waals surface area contributed by atoms with Gasteiger partial charge in [-0.05, 0) is 39.4 Å². The fourth-order valence-electron chi connectivity index (χ4n) is 1.58. The fourth-order valence-corrected chi connectivity index (χ4v) is 1.58. The Balaban J connectivity index is 3.50. The van der Waals surface area contributed by atoms with Crippen molar-refractivity contribution < 1.29 is 9.59 Å². The highest BCUT2D eigenvalue weighted by Crippen LogP contribution is 1.93. The molecule has 0 atom stereocenters. The molecule has 6 nitrogen and oxygen atoms in total. The number of hydrogen-bond donors (Lipinski definition) is 3. The van der Waals surface area contributed by atoms with E-state index in [-0.39, 0.29) is 18.5 Å². The first-order valence-electron chi connectivity index (χ1n) is 7.02. The molecule has 0 saturated carbocycles. The Bertz CT molecular complexity index is 259. The summed E-state index contributed by atoms with van der Waals surface area (Å²) >= 11 is 0. The van der Waals surface area contributed by atoms with Crippen LogP contribution in [0.4, 0.5) is 0 Å². The zero-order chi connectivity index (χ0) is 14.5. The van der Waals surface area contributed by atoms with Crippen molar-refractivity contribution in [2.24, 2.45) is 5.73 Å². The van der Waals surface area contributed by atoms with E-state index in [1.807, 2.05) is 14.0 Å². The molecular weight excluding hydrogens is 244 g/mol. The molecule has 0 unspecified atom stereocenters. The van der Waals surface area contributed by atoms with Crippen LogP contribution in [0.15, 0.2) is 0 Å². The van der Waals surface area contributed by atoms with Gasteiger partial charge in [0.05, 0.1) is 6.67 Å². The topological polar surface area (TPSA) is 87.5 Å². The maximum Gasteiger partial charge on any atom is 0.222 e. The molecule has 0 aromatic rings. The first-order valence-corrected chi connectivity index (χ1v) is 7.02. The van der Waals surface area contributed by atoms with Gasteiger partial charge in [0, 0.05) is 19.4 Å². The lowest BCUT2D eigenvalue weighted by molar-refractivity contribution is -0.123. The highest BCUT2D eigenvalue weighted by atomic mass is 16.2. The van der Waals surface area contributed by atoms with Crippen LogP contribution in [0, 0.1) is 0 Å². The van der Waals surface area contributed by atoms with E-state index in [1.165, 1.54) is 0 Å². The number of unbranched alkanes of at least 4 members (excludes halogenated alkanes) is 1. The maximum absolute atomic E-state index is 11.5. The smallest absolute Gasteiger partial charge is 0.222 e. The van der Waals surface area contributed by atoms with Crippen LogP contribution in [0.1, 0.15) is 39.0 Å². The summed E-state index contributed by atoms with van der Waals surface area (Å²) in [6, 6.07) is 0. The Morgan fingerprint density at radius 1 is 1.05 bits per heavy atom. The number of carbonyl (C=O) groups excluding carboxylic acids is 2. The number of nitrogens with one attached hydrogen (secondary N) is 2. The summed E-state index contributed by atoms with van der Waals surface area (Å²) in [5.41, 5.74) is 5.42. The highest BCUT2D eigenvalue weighted by molar-refractivity contribution is 5.78. The summed E-state index contributed by atoms with van der Waals surface area (Å²) in [7, 11) is 1.99. The Hall–Kier alpha value is -1.14. The standard InChI is InChI=1S/C13H28N4O2/c1-3-6-12(18)15-11-16-13(19)7-10-17(2)9-5-4-8-14/h3-11,14H2,1-2H3,(H,15,18)(H,16,19). The first-order chi connectivity index (χ1) is 9.10. The van der Waals surface area contributed by atoms with Crippen molar-refractivity contribution in [1.29, 1.82) is 0 Å². The molecule has 0 bridgehead atoms. The number of hydrogen-bond acceptors (Lipinski definition) is 4. The molecule has 0 spiro atoms. The third kappa shape index (κ3) is 11.7. The van der Waals surface area contributed by atoms with Crippen LogP contribution in [-0.2, 0) is 9.59 Å². The summed E-state index contributed by atoms with van der Waals surface area (Å²) in [6.45, 7) is 4.55. The molecule has 0 aromatic carbocycles. The Morgan fingerprint density at radius 2 is 1.68 bits per heavy atom. The minimum Gasteiger partial charge on any atom is -0.339 e. The minimum absolute atomic E-state index is 0.0262. The second-order valence-electron chi connectivity index (χ2n) is 4.68. The van der Waals surface area contributed by atoms with Crippen molar-refractivity contribution in [3.63, 3.8) is 0 Å². The zero-order valence-corrected chi connectivity index (χ0v) is 12.2. The van der Waals surface area contributed by atoms with Gasteiger partial charge in [0.1, 0.15) is 0 Å². The molecule has 0 saturated heterocycles. The molecule has 0 radical (unpaired) electrons. The molecule has 112 valence electrons. The van der Waals surface area contributed by atoms with E-state index in [4.69, 9.17) is 5.73 Å².